The molecule has 0 aromatic rings. The third-order valence-corrected chi connectivity index (χ3v) is 1.62. The average molecular weight is 205 g/mol. The van der Waals surface area contributed by atoms with Crippen LogP contribution in [0, 0.1) is 0 Å². The van der Waals surface area contributed by atoms with Crippen molar-refractivity contribution in [3.8, 4) is 0 Å². The summed E-state index contributed by atoms with van der Waals surface area (Å²) in [7, 11) is 8.28. The van der Waals surface area contributed by atoms with Gasteiger partial charge in [0.1, 0.15) is 0 Å². The molecule has 0 radical (unpaired) electrons. The molecule has 0 aliphatic rings. The maximum Gasteiger partial charge on any atom is 0.0624 e. The van der Waals surface area contributed by atoms with E-state index in [1.165, 1.54) is 0 Å². The van der Waals surface area contributed by atoms with Crippen LogP contribution in [0.4, 0.5) is 0 Å². The molecule has 0 unspecified atom stereocenters. The second kappa shape index (κ2) is 9.40. The van der Waals surface area contributed by atoms with Gasteiger partial charge in [0.05, 0.1) is 6.17 Å². The Balaban J connectivity index is 0. The van der Waals surface area contributed by atoms with Crippen LogP contribution in [-0.2, 0) is 0 Å². The summed E-state index contributed by atoms with van der Waals surface area (Å²) in [5.41, 5.74) is 5.45. The van der Waals surface area contributed by atoms with Crippen LogP contribution < -0.4 is 5.73 Å². The van der Waals surface area contributed by atoms with E-state index in [1.54, 1.807) is 13.8 Å². The molecule has 3 N–H and O–H groups in total. The van der Waals surface area contributed by atoms with Crippen LogP contribution in [0.5, 0.6) is 0 Å². The van der Waals surface area contributed by atoms with Crippen LogP contribution in [0.1, 0.15) is 20.3 Å². The van der Waals surface area contributed by atoms with Gasteiger partial charge < -0.3 is 10.8 Å². The molecule has 0 saturated heterocycles. The van der Waals surface area contributed by atoms with Crippen LogP contribution >= 0.6 is 0 Å². The predicted octanol–water partition coefficient (Wildman–Crippen LogP) is 0.172. The lowest BCUT2D eigenvalue weighted by Crippen LogP contribution is -2.41. The maximum absolute atomic E-state index is 8.06. The molecule has 0 amide bonds. The third-order valence-electron chi connectivity index (χ3n) is 1.62. The number of hydrogen-bond acceptors (Lipinski definition) is 4. The summed E-state index contributed by atoms with van der Waals surface area (Å²) < 4.78 is 0. The van der Waals surface area contributed by atoms with Crippen molar-refractivity contribution in [3.05, 3.63) is 0 Å². The highest BCUT2D eigenvalue weighted by Crippen LogP contribution is 2.00. The van der Waals surface area contributed by atoms with Crippen molar-refractivity contribution in [2.75, 3.05) is 34.7 Å². The summed E-state index contributed by atoms with van der Waals surface area (Å²) in [4.78, 5) is 4.35. The van der Waals surface area contributed by atoms with Gasteiger partial charge in [-0.05, 0) is 55.0 Å². The normalized spacial score (nSPS) is 11.1. The molecular formula is C10H27N3O. The third kappa shape index (κ3) is 11.8. The Labute approximate surface area is 88.7 Å². The van der Waals surface area contributed by atoms with Gasteiger partial charge in [0.2, 0.25) is 0 Å². The number of nitrogens with two attached hydrogens (primary N) is 1. The zero-order valence-corrected chi connectivity index (χ0v) is 10.5. The number of rotatable bonds is 4. The molecule has 0 spiro atoms. The first-order valence-electron chi connectivity index (χ1n) is 5.03. The van der Waals surface area contributed by atoms with Crippen LogP contribution in [0.2, 0.25) is 0 Å². The molecule has 0 atom stereocenters. The minimum atomic E-state index is -0.167. The Morgan fingerprint density at radius 1 is 1.07 bits per heavy atom. The van der Waals surface area contributed by atoms with Gasteiger partial charge in [0, 0.05) is 6.10 Å². The van der Waals surface area contributed by atoms with Gasteiger partial charge >= 0.3 is 0 Å². The lowest BCUT2D eigenvalue weighted by atomic mass is 10.3. The van der Waals surface area contributed by atoms with E-state index in [-0.39, 0.29) is 6.10 Å². The monoisotopic (exact) mass is 205 g/mol. The second-order valence-electron chi connectivity index (χ2n) is 4.08. The quantitative estimate of drug-likeness (QED) is 0.643. The molecule has 0 aliphatic carbocycles. The van der Waals surface area contributed by atoms with Crippen molar-refractivity contribution in [2.24, 2.45) is 5.73 Å². The standard InChI is InChI=1S/C7H19N3.C3H8O/c1-9(2)7(5-6-8)10(3)4;1-3(2)4/h7H,5-6,8H2,1-4H3;3-4H,1-2H3. The first-order chi connectivity index (χ1) is 6.32. The van der Waals surface area contributed by atoms with Crippen LogP contribution in [-0.4, -0.2) is 61.9 Å². The van der Waals surface area contributed by atoms with E-state index in [1.807, 2.05) is 0 Å². The highest BCUT2D eigenvalue weighted by Gasteiger charge is 2.11. The Hall–Kier alpha value is -0.160. The molecule has 4 nitrogen and oxygen atoms in total. The van der Waals surface area contributed by atoms with Crippen molar-refractivity contribution in [3.63, 3.8) is 0 Å². The van der Waals surface area contributed by atoms with Crippen molar-refractivity contribution >= 4 is 0 Å². The van der Waals surface area contributed by atoms with Gasteiger partial charge in [0.25, 0.3) is 0 Å². The molecule has 0 aromatic carbocycles. The molecule has 0 bridgehead atoms. The molecule has 0 aromatic heterocycles. The molecule has 4 heteroatoms. The Morgan fingerprint density at radius 2 is 1.36 bits per heavy atom. The molecule has 0 saturated carbocycles. The molecule has 88 valence electrons. The maximum atomic E-state index is 8.06. The number of aliphatic hydroxyl groups is 1. The van der Waals surface area contributed by atoms with Gasteiger partial charge in [-0.1, -0.05) is 0 Å². The zero-order valence-electron chi connectivity index (χ0n) is 10.5. The van der Waals surface area contributed by atoms with E-state index in [4.69, 9.17) is 10.8 Å². The highest BCUT2D eigenvalue weighted by atomic mass is 16.3. The Morgan fingerprint density at radius 3 is 1.43 bits per heavy atom. The number of hydrogen-bond donors (Lipinski definition) is 2. The van der Waals surface area contributed by atoms with E-state index < -0.39 is 0 Å². The molecule has 0 rings (SSSR count). The summed E-state index contributed by atoms with van der Waals surface area (Å²) in [6.07, 6.45) is 1.34. The van der Waals surface area contributed by atoms with E-state index in [9.17, 15) is 0 Å². The molecule has 0 fully saturated rings. The van der Waals surface area contributed by atoms with Crippen LogP contribution in [0.3, 0.4) is 0 Å². The lowest BCUT2D eigenvalue weighted by molar-refractivity contribution is 0.123. The fraction of sp³-hybridized carbons (Fsp3) is 1.00. The fourth-order valence-electron chi connectivity index (χ4n) is 1.13. The van der Waals surface area contributed by atoms with Crippen LogP contribution in [0.25, 0.3) is 0 Å². The minimum absolute atomic E-state index is 0.167. The second-order valence-corrected chi connectivity index (χ2v) is 4.08. The van der Waals surface area contributed by atoms with E-state index in [0.29, 0.717) is 6.17 Å². The van der Waals surface area contributed by atoms with Gasteiger partial charge in [-0.2, -0.15) is 0 Å². The Bertz CT molecular complexity index is 105. The average Bonchev–Trinajstić information content (AvgIpc) is 1.97. The summed E-state index contributed by atoms with van der Waals surface area (Å²) in [6, 6.07) is 0. The SMILES string of the molecule is CC(C)O.CN(C)C(CCN)N(C)C. The van der Waals surface area contributed by atoms with Crippen molar-refractivity contribution in [1.29, 1.82) is 0 Å². The largest absolute Gasteiger partial charge is 0.394 e. The number of aliphatic hydroxyl groups excluding tert-OH is 1. The zero-order chi connectivity index (χ0) is 11.7. The first-order valence-corrected chi connectivity index (χ1v) is 5.03. The van der Waals surface area contributed by atoms with Gasteiger partial charge in [-0.15, -0.1) is 0 Å². The topological polar surface area (TPSA) is 52.7 Å². The molecule has 0 heterocycles. The summed E-state index contributed by atoms with van der Waals surface area (Å²) in [6.45, 7) is 4.20. The van der Waals surface area contributed by atoms with Crippen molar-refractivity contribution in [1.82, 2.24) is 9.80 Å². The summed E-state index contributed by atoms with van der Waals surface area (Å²) in [5, 5.41) is 8.06. The highest BCUT2D eigenvalue weighted by molar-refractivity contribution is 4.62. The van der Waals surface area contributed by atoms with Crippen molar-refractivity contribution in [2.45, 2.75) is 32.5 Å². The van der Waals surface area contributed by atoms with E-state index in [2.05, 4.69) is 38.0 Å². The smallest absolute Gasteiger partial charge is 0.0624 e. The first kappa shape index (κ1) is 16.3. The van der Waals surface area contributed by atoms with Crippen LogP contribution in [0.15, 0.2) is 0 Å². The Kier molecular flexibility index (Phi) is 10.9. The molecular weight excluding hydrogens is 178 g/mol. The summed E-state index contributed by atoms with van der Waals surface area (Å²) in [5.74, 6) is 0. The minimum Gasteiger partial charge on any atom is -0.394 e. The lowest BCUT2D eigenvalue weighted by Gasteiger charge is -2.29. The van der Waals surface area contributed by atoms with E-state index in [0.717, 1.165) is 13.0 Å². The molecule has 14 heavy (non-hydrogen) atoms. The van der Waals surface area contributed by atoms with Gasteiger partial charge in [-0.25, -0.2) is 0 Å². The summed E-state index contributed by atoms with van der Waals surface area (Å²) >= 11 is 0. The molecule has 0 aliphatic heterocycles. The van der Waals surface area contributed by atoms with Gasteiger partial charge in [0.15, 0.2) is 0 Å². The van der Waals surface area contributed by atoms with Crippen molar-refractivity contribution < 1.29 is 5.11 Å². The number of nitrogens with zero attached hydrogens (tertiary/aromatic N) is 2. The fourth-order valence-corrected chi connectivity index (χ4v) is 1.13. The van der Waals surface area contributed by atoms with Gasteiger partial charge in [-0.3, -0.25) is 9.80 Å². The predicted molar refractivity (Wildman–Crippen MR) is 62.2 cm³/mol. The van der Waals surface area contributed by atoms with E-state index >= 15 is 0 Å².